The summed E-state index contributed by atoms with van der Waals surface area (Å²) in [6.45, 7) is 0. The lowest BCUT2D eigenvalue weighted by atomic mass is 10.2. The molecular weight excluding hydrogens is 206 g/mol. The van der Waals surface area contributed by atoms with Crippen molar-refractivity contribution in [1.82, 2.24) is 5.32 Å². The molecule has 1 aliphatic rings. The van der Waals surface area contributed by atoms with Crippen molar-refractivity contribution in [3.8, 4) is 0 Å². The largest absolute Gasteiger partial charge is 0.339 e. The fourth-order valence-electron chi connectivity index (χ4n) is 1.24. The van der Waals surface area contributed by atoms with Crippen molar-refractivity contribution in [1.29, 1.82) is 0 Å². The maximum Gasteiger partial charge on any atom is 0.231 e. The number of nitrogens with one attached hydrogen (secondary N) is 1. The van der Waals surface area contributed by atoms with E-state index >= 15 is 0 Å². The van der Waals surface area contributed by atoms with E-state index in [9.17, 15) is 4.79 Å². The number of thioether (sulfide) groups is 1. The second-order valence-corrected chi connectivity index (χ2v) is 4.34. The number of hydrogen-bond donors (Lipinski definition) is 1. The topological polar surface area (TPSA) is 29.1 Å². The Bertz CT molecular complexity index is 342. The van der Waals surface area contributed by atoms with Gasteiger partial charge in [0.2, 0.25) is 5.91 Å². The van der Waals surface area contributed by atoms with Crippen LogP contribution in [0.5, 0.6) is 0 Å². The summed E-state index contributed by atoms with van der Waals surface area (Å²) in [6.07, 6.45) is 0. The van der Waals surface area contributed by atoms with Crippen molar-refractivity contribution in [2.45, 2.75) is 5.37 Å². The Morgan fingerprint density at radius 1 is 1.54 bits per heavy atom. The molecule has 1 amide bonds. The first-order valence-corrected chi connectivity index (χ1v) is 5.35. The molecule has 0 bridgehead atoms. The van der Waals surface area contributed by atoms with Crippen LogP contribution in [0.1, 0.15) is 10.9 Å². The van der Waals surface area contributed by atoms with Gasteiger partial charge < -0.3 is 5.32 Å². The molecule has 0 spiro atoms. The summed E-state index contributed by atoms with van der Waals surface area (Å²) in [5.74, 6) is 0.631. The van der Waals surface area contributed by atoms with Crippen LogP contribution in [0.4, 0.5) is 0 Å². The maximum atomic E-state index is 10.9. The highest BCUT2D eigenvalue weighted by molar-refractivity contribution is 8.00. The minimum Gasteiger partial charge on any atom is -0.339 e. The van der Waals surface area contributed by atoms with Crippen LogP contribution in [0.15, 0.2) is 24.3 Å². The quantitative estimate of drug-likeness (QED) is 0.775. The van der Waals surface area contributed by atoms with E-state index < -0.39 is 0 Å². The highest BCUT2D eigenvalue weighted by Crippen LogP contribution is 2.31. The molecule has 0 radical (unpaired) electrons. The minimum absolute atomic E-state index is 0.0752. The number of amides is 1. The summed E-state index contributed by atoms with van der Waals surface area (Å²) in [6, 6.07) is 7.56. The van der Waals surface area contributed by atoms with Gasteiger partial charge in [-0.3, -0.25) is 4.79 Å². The molecule has 0 aromatic heterocycles. The summed E-state index contributed by atoms with van der Waals surface area (Å²) < 4.78 is 0. The third kappa shape index (κ3) is 1.98. The van der Waals surface area contributed by atoms with E-state index in [1.165, 1.54) is 0 Å². The van der Waals surface area contributed by atoms with E-state index in [4.69, 9.17) is 11.6 Å². The minimum atomic E-state index is 0.0752. The van der Waals surface area contributed by atoms with Gasteiger partial charge in [-0.25, -0.2) is 0 Å². The van der Waals surface area contributed by atoms with Gasteiger partial charge in [0, 0.05) is 5.02 Å². The molecule has 1 saturated heterocycles. The van der Waals surface area contributed by atoms with Gasteiger partial charge >= 0.3 is 0 Å². The maximum absolute atomic E-state index is 10.9. The smallest absolute Gasteiger partial charge is 0.231 e. The van der Waals surface area contributed by atoms with Gasteiger partial charge in [-0.2, -0.15) is 0 Å². The Kier molecular flexibility index (Phi) is 2.47. The molecule has 2 nitrogen and oxygen atoms in total. The average molecular weight is 214 g/mol. The van der Waals surface area contributed by atoms with Crippen LogP contribution >= 0.6 is 23.4 Å². The number of carbonyl (C=O) groups excluding carboxylic acids is 1. The monoisotopic (exact) mass is 213 g/mol. The van der Waals surface area contributed by atoms with Gasteiger partial charge in [0.15, 0.2) is 0 Å². The second-order valence-electron chi connectivity index (χ2n) is 2.81. The Hall–Kier alpha value is -0.670. The van der Waals surface area contributed by atoms with E-state index in [0.29, 0.717) is 10.8 Å². The summed E-state index contributed by atoms with van der Waals surface area (Å²) in [5, 5.41) is 3.65. The fourth-order valence-corrected chi connectivity index (χ4v) is 2.39. The number of rotatable bonds is 1. The van der Waals surface area contributed by atoms with E-state index in [0.717, 1.165) is 5.56 Å². The zero-order valence-electron chi connectivity index (χ0n) is 6.79. The predicted octanol–water partition coefficient (Wildman–Crippen LogP) is 2.20. The summed E-state index contributed by atoms with van der Waals surface area (Å²) in [4.78, 5) is 10.9. The molecular formula is C9H8ClNOS. The van der Waals surface area contributed by atoms with Crippen LogP contribution in [-0.4, -0.2) is 11.7 Å². The van der Waals surface area contributed by atoms with Crippen LogP contribution in [0.25, 0.3) is 0 Å². The third-order valence-electron chi connectivity index (χ3n) is 1.82. The van der Waals surface area contributed by atoms with Crippen LogP contribution in [-0.2, 0) is 4.79 Å². The molecule has 2 rings (SSSR count). The number of carbonyl (C=O) groups is 1. The zero-order valence-corrected chi connectivity index (χ0v) is 8.36. The molecule has 1 aromatic rings. The van der Waals surface area contributed by atoms with Crippen LogP contribution < -0.4 is 5.32 Å². The van der Waals surface area contributed by atoms with E-state index in [-0.39, 0.29) is 11.3 Å². The predicted molar refractivity (Wildman–Crippen MR) is 54.8 cm³/mol. The van der Waals surface area contributed by atoms with Crippen LogP contribution in [0.3, 0.4) is 0 Å². The van der Waals surface area contributed by atoms with Crippen LogP contribution in [0.2, 0.25) is 5.02 Å². The SMILES string of the molecule is O=C1CS[C@H](c2cccc(Cl)c2)N1. The summed E-state index contributed by atoms with van der Waals surface area (Å²) >= 11 is 7.43. The van der Waals surface area contributed by atoms with Gasteiger partial charge in [-0.15, -0.1) is 11.8 Å². The first-order chi connectivity index (χ1) is 6.25. The van der Waals surface area contributed by atoms with Crippen molar-refractivity contribution in [3.05, 3.63) is 34.9 Å². The molecule has 1 atom stereocenters. The third-order valence-corrected chi connectivity index (χ3v) is 3.21. The number of halogens is 1. The summed E-state index contributed by atoms with van der Waals surface area (Å²) in [5.41, 5.74) is 1.06. The van der Waals surface area contributed by atoms with Gasteiger partial charge in [-0.05, 0) is 17.7 Å². The highest BCUT2D eigenvalue weighted by atomic mass is 35.5. The van der Waals surface area contributed by atoms with E-state index in [1.54, 1.807) is 11.8 Å². The Morgan fingerprint density at radius 3 is 3.00 bits per heavy atom. The second kappa shape index (κ2) is 3.60. The lowest BCUT2D eigenvalue weighted by Crippen LogP contribution is -2.18. The molecule has 1 N–H and O–H groups in total. The standard InChI is InChI=1S/C9H8ClNOS/c10-7-3-1-2-6(4-7)9-11-8(12)5-13-9/h1-4,9H,5H2,(H,11,12)/t9-/m1/s1. The first kappa shape index (κ1) is 8.91. The van der Waals surface area contributed by atoms with Crippen molar-refractivity contribution in [3.63, 3.8) is 0 Å². The number of hydrogen-bond acceptors (Lipinski definition) is 2. The average Bonchev–Trinajstić information content (AvgIpc) is 2.52. The van der Waals surface area contributed by atoms with Gasteiger partial charge in [0.1, 0.15) is 5.37 Å². The van der Waals surface area contributed by atoms with Gasteiger partial charge in [-0.1, -0.05) is 23.7 Å². The van der Waals surface area contributed by atoms with Crippen molar-refractivity contribution in [2.24, 2.45) is 0 Å². The van der Waals surface area contributed by atoms with Gasteiger partial charge in [0.05, 0.1) is 5.75 Å². The molecule has 1 fully saturated rings. The van der Waals surface area contributed by atoms with Crippen molar-refractivity contribution in [2.75, 3.05) is 5.75 Å². The van der Waals surface area contributed by atoms with E-state index in [1.807, 2.05) is 24.3 Å². The normalized spacial score (nSPS) is 21.6. The Balaban J connectivity index is 2.21. The Morgan fingerprint density at radius 2 is 2.38 bits per heavy atom. The molecule has 13 heavy (non-hydrogen) atoms. The van der Waals surface area contributed by atoms with Gasteiger partial charge in [0.25, 0.3) is 0 Å². The fraction of sp³-hybridized carbons (Fsp3) is 0.222. The number of benzene rings is 1. The molecule has 0 saturated carbocycles. The van der Waals surface area contributed by atoms with Crippen molar-refractivity contribution >= 4 is 29.3 Å². The van der Waals surface area contributed by atoms with Crippen LogP contribution in [0, 0.1) is 0 Å². The Labute approximate surface area is 85.7 Å². The summed E-state index contributed by atoms with van der Waals surface area (Å²) in [7, 11) is 0. The molecule has 1 aliphatic heterocycles. The molecule has 1 aromatic carbocycles. The molecule has 1 heterocycles. The molecule has 4 heteroatoms. The molecule has 0 unspecified atom stereocenters. The molecule has 0 aliphatic carbocycles. The lowest BCUT2D eigenvalue weighted by Gasteiger charge is -2.08. The zero-order chi connectivity index (χ0) is 9.26. The van der Waals surface area contributed by atoms with Crippen molar-refractivity contribution < 1.29 is 4.79 Å². The highest BCUT2D eigenvalue weighted by Gasteiger charge is 2.22. The lowest BCUT2D eigenvalue weighted by molar-refractivity contribution is -0.118. The first-order valence-electron chi connectivity index (χ1n) is 3.92. The van der Waals surface area contributed by atoms with E-state index in [2.05, 4.69) is 5.32 Å². The molecule has 68 valence electrons.